The molecule has 2 N–H and O–H groups in total. The zero-order valence-electron chi connectivity index (χ0n) is 7.07. The van der Waals surface area contributed by atoms with E-state index >= 15 is 0 Å². The molecule has 1 aromatic rings. The normalized spacial score (nSPS) is 9.83. The molecule has 1 aromatic heterocycles. The van der Waals surface area contributed by atoms with Gasteiger partial charge in [-0.25, -0.2) is 4.79 Å². The van der Waals surface area contributed by atoms with Crippen molar-refractivity contribution < 1.29 is 9.53 Å². The van der Waals surface area contributed by atoms with Crippen LogP contribution in [0.3, 0.4) is 0 Å². The fourth-order valence-corrected chi connectivity index (χ4v) is 0.902. The molecular formula is C7H11N3O2. The van der Waals surface area contributed by atoms with Crippen molar-refractivity contribution in [3.8, 4) is 0 Å². The van der Waals surface area contributed by atoms with E-state index in [-0.39, 0.29) is 0 Å². The van der Waals surface area contributed by atoms with Crippen LogP contribution in [0.1, 0.15) is 23.0 Å². The van der Waals surface area contributed by atoms with Gasteiger partial charge in [-0.15, -0.1) is 0 Å². The predicted molar refractivity (Wildman–Crippen MR) is 43.1 cm³/mol. The molecule has 0 spiro atoms. The largest absolute Gasteiger partial charge is 0.461 e. The first-order chi connectivity index (χ1) is 5.66. The van der Waals surface area contributed by atoms with Crippen molar-refractivity contribution in [3.63, 3.8) is 0 Å². The number of esters is 1. The first kappa shape index (κ1) is 8.58. The third-order valence-corrected chi connectivity index (χ3v) is 1.45. The number of carbonyl (C=O) groups is 1. The van der Waals surface area contributed by atoms with Crippen molar-refractivity contribution in [2.45, 2.75) is 13.8 Å². The van der Waals surface area contributed by atoms with Crippen LogP contribution in [0.4, 0.5) is 0 Å². The summed E-state index contributed by atoms with van der Waals surface area (Å²) < 4.78 is 4.77. The van der Waals surface area contributed by atoms with Gasteiger partial charge in [0.2, 0.25) is 0 Å². The number of rotatable bonds is 2. The summed E-state index contributed by atoms with van der Waals surface area (Å²) in [6, 6.07) is 0. The Morgan fingerprint density at radius 3 is 2.92 bits per heavy atom. The van der Waals surface area contributed by atoms with Crippen LogP contribution in [0.2, 0.25) is 0 Å². The van der Waals surface area contributed by atoms with Gasteiger partial charge in [0.15, 0.2) is 5.69 Å². The second-order valence-corrected chi connectivity index (χ2v) is 2.34. The Morgan fingerprint density at radius 1 is 1.83 bits per heavy atom. The maximum atomic E-state index is 11.2. The predicted octanol–water partition coefficient (Wildman–Crippen LogP) is 0.0820. The average Bonchev–Trinajstić information content (AvgIpc) is 2.32. The fourth-order valence-electron chi connectivity index (χ4n) is 0.902. The summed E-state index contributed by atoms with van der Waals surface area (Å²) in [5.41, 5.74) is 1.02. The van der Waals surface area contributed by atoms with E-state index in [1.165, 1.54) is 6.20 Å². The van der Waals surface area contributed by atoms with Gasteiger partial charge in [0, 0.05) is 5.56 Å². The molecule has 0 amide bonds. The second-order valence-electron chi connectivity index (χ2n) is 2.34. The van der Waals surface area contributed by atoms with Gasteiger partial charge in [-0.2, -0.15) is 9.89 Å². The summed E-state index contributed by atoms with van der Waals surface area (Å²) >= 11 is 0. The molecule has 0 aromatic carbocycles. The van der Waals surface area contributed by atoms with Gasteiger partial charge in [0.1, 0.15) is 0 Å². The molecular weight excluding hydrogens is 158 g/mol. The molecule has 5 nitrogen and oxygen atoms in total. The Labute approximate surface area is 70.1 Å². The summed E-state index contributed by atoms with van der Waals surface area (Å²) in [5, 5.41) is 3.71. The number of hydrogen-bond donors (Lipinski definition) is 1. The van der Waals surface area contributed by atoms with Crippen LogP contribution in [-0.2, 0) is 4.74 Å². The zero-order chi connectivity index (χ0) is 9.14. The topological polar surface area (TPSA) is 70.1 Å². The summed E-state index contributed by atoms with van der Waals surface area (Å²) in [7, 11) is 0. The van der Waals surface area contributed by atoms with E-state index in [1.807, 2.05) is 0 Å². The molecule has 0 aliphatic rings. The van der Waals surface area contributed by atoms with Crippen molar-refractivity contribution in [1.29, 1.82) is 0 Å². The van der Waals surface area contributed by atoms with E-state index in [4.69, 9.17) is 10.6 Å². The molecule has 12 heavy (non-hydrogen) atoms. The highest BCUT2D eigenvalue weighted by molar-refractivity contribution is 5.89. The highest BCUT2D eigenvalue weighted by Crippen LogP contribution is 2.05. The van der Waals surface area contributed by atoms with Crippen LogP contribution in [0, 0.1) is 6.92 Å². The third-order valence-electron chi connectivity index (χ3n) is 1.45. The lowest BCUT2D eigenvalue weighted by Gasteiger charge is -2.01. The number of nitrogen functional groups attached to an aromatic ring is 1. The smallest absolute Gasteiger partial charge is 0.359 e. The summed E-state index contributed by atoms with van der Waals surface area (Å²) in [6.07, 6.45) is 1.52. The lowest BCUT2D eigenvalue weighted by molar-refractivity contribution is 0.0514. The Kier molecular flexibility index (Phi) is 2.32. The number of carbonyl (C=O) groups excluding carboxylic acids is 1. The summed E-state index contributed by atoms with van der Waals surface area (Å²) in [4.78, 5) is 12.2. The summed E-state index contributed by atoms with van der Waals surface area (Å²) in [5.74, 6) is 4.94. The van der Waals surface area contributed by atoms with Crippen molar-refractivity contribution in [2.24, 2.45) is 0 Å². The van der Waals surface area contributed by atoms with E-state index in [9.17, 15) is 4.79 Å². The molecule has 0 aliphatic carbocycles. The fraction of sp³-hybridized carbons (Fsp3) is 0.429. The molecule has 0 saturated heterocycles. The highest BCUT2D eigenvalue weighted by atomic mass is 16.5. The van der Waals surface area contributed by atoms with E-state index in [0.717, 1.165) is 10.4 Å². The van der Waals surface area contributed by atoms with Crippen LogP contribution in [0.15, 0.2) is 6.20 Å². The molecule has 5 heteroatoms. The number of nitrogens with two attached hydrogens (primary N) is 1. The lowest BCUT2D eigenvalue weighted by atomic mass is 10.3. The molecule has 0 fully saturated rings. The van der Waals surface area contributed by atoms with Gasteiger partial charge in [-0.05, 0) is 13.8 Å². The van der Waals surface area contributed by atoms with Gasteiger partial charge < -0.3 is 10.6 Å². The molecule has 66 valence electrons. The van der Waals surface area contributed by atoms with Gasteiger partial charge in [0.25, 0.3) is 0 Å². The average molecular weight is 169 g/mol. The summed E-state index contributed by atoms with van der Waals surface area (Å²) in [6.45, 7) is 3.83. The number of nitrogens with zero attached hydrogens (tertiary/aromatic N) is 2. The van der Waals surface area contributed by atoms with Crippen molar-refractivity contribution >= 4 is 5.97 Å². The lowest BCUT2D eigenvalue weighted by Crippen LogP contribution is -2.20. The molecule has 1 heterocycles. The van der Waals surface area contributed by atoms with Crippen LogP contribution in [0.25, 0.3) is 0 Å². The molecule has 0 aliphatic heterocycles. The monoisotopic (exact) mass is 169 g/mol. The van der Waals surface area contributed by atoms with Crippen LogP contribution in [0.5, 0.6) is 0 Å². The van der Waals surface area contributed by atoms with Crippen LogP contribution in [-0.4, -0.2) is 22.5 Å². The Bertz CT molecular complexity index is 273. The van der Waals surface area contributed by atoms with Crippen molar-refractivity contribution in [3.05, 3.63) is 17.5 Å². The minimum Gasteiger partial charge on any atom is -0.461 e. The van der Waals surface area contributed by atoms with Gasteiger partial charge >= 0.3 is 5.97 Å². The molecule has 1 rings (SSSR count). The standard InChI is InChI=1S/C7H11N3O2/c1-3-12-7(11)6-5(2)4-9-10(6)8/h4H,3,8H2,1-2H3. The maximum absolute atomic E-state index is 11.2. The third kappa shape index (κ3) is 1.39. The Balaban J connectivity index is 2.93. The van der Waals surface area contributed by atoms with E-state index in [1.54, 1.807) is 13.8 Å². The van der Waals surface area contributed by atoms with E-state index in [0.29, 0.717) is 12.3 Å². The van der Waals surface area contributed by atoms with Crippen molar-refractivity contribution in [2.75, 3.05) is 12.4 Å². The highest BCUT2D eigenvalue weighted by Gasteiger charge is 2.15. The number of hydrogen-bond acceptors (Lipinski definition) is 4. The molecule has 0 radical (unpaired) electrons. The minimum atomic E-state index is -0.435. The maximum Gasteiger partial charge on any atom is 0.359 e. The minimum absolute atomic E-state index is 0.303. The Hall–Kier alpha value is -1.52. The van der Waals surface area contributed by atoms with E-state index in [2.05, 4.69) is 5.10 Å². The molecule has 0 unspecified atom stereocenters. The molecule has 0 saturated carbocycles. The van der Waals surface area contributed by atoms with Gasteiger partial charge in [0.05, 0.1) is 12.8 Å². The first-order valence-electron chi connectivity index (χ1n) is 3.63. The van der Waals surface area contributed by atoms with Gasteiger partial charge in [-0.3, -0.25) is 0 Å². The zero-order valence-corrected chi connectivity index (χ0v) is 7.07. The quantitative estimate of drug-likeness (QED) is 0.503. The second kappa shape index (κ2) is 3.25. The molecule has 0 atom stereocenters. The molecule has 0 bridgehead atoms. The number of ether oxygens (including phenoxy) is 1. The Morgan fingerprint density at radius 2 is 2.50 bits per heavy atom. The number of aryl methyl sites for hydroxylation is 1. The number of aromatic nitrogens is 2. The first-order valence-corrected chi connectivity index (χ1v) is 3.63. The van der Waals surface area contributed by atoms with Crippen LogP contribution < -0.4 is 5.84 Å². The van der Waals surface area contributed by atoms with Crippen molar-refractivity contribution in [1.82, 2.24) is 9.89 Å². The van der Waals surface area contributed by atoms with E-state index < -0.39 is 5.97 Å². The van der Waals surface area contributed by atoms with Crippen LogP contribution >= 0.6 is 0 Å². The van der Waals surface area contributed by atoms with Gasteiger partial charge in [-0.1, -0.05) is 0 Å². The SMILES string of the molecule is CCOC(=O)c1c(C)cnn1N.